The van der Waals surface area contributed by atoms with Crippen LogP contribution < -0.4 is 5.73 Å². The Hall–Kier alpha value is 0.270. The minimum Gasteiger partial charge on any atom is -0.394 e. The molecule has 0 aromatic carbocycles. The summed E-state index contributed by atoms with van der Waals surface area (Å²) in [5.74, 6) is 0.799. The van der Waals surface area contributed by atoms with Crippen LogP contribution in [-0.4, -0.2) is 27.8 Å². The predicted molar refractivity (Wildman–Crippen MR) is 51.9 cm³/mol. The zero-order valence-electron chi connectivity index (χ0n) is 7.85. The molecular weight excluding hydrogens is 158 g/mol. The Morgan fingerprint density at radius 3 is 2.00 bits per heavy atom. The van der Waals surface area contributed by atoms with Crippen LogP contribution in [-0.2, 0) is 0 Å². The molecule has 3 N–H and O–H groups in total. The van der Waals surface area contributed by atoms with Crippen molar-refractivity contribution in [3.63, 3.8) is 0 Å². The maximum atomic E-state index is 8.85. The standard InChI is InChI=1S/C8H19NOS/c1-7(2,3)11-6-8(4,9)5-10/h10H,5-6,9H2,1-4H3. The first-order valence-electron chi connectivity index (χ1n) is 3.80. The summed E-state index contributed by atoms with van der Waals surface area (Å²) in [5, 5.41) is 8.85. The quantitative estimate of drug-likeness (QED) is 0.681. The van der Waals surface area contributed by atoms with E-state index in [0.717, 1.165) is 5.75 Å². The summed E-state index contributed by atoms with van der Waals surface area (Å²) >= 11 is 1.78. The highest BCUT2D eigenvalue weighted by Gasteiger charge is 2.21. The van der Waals surface area contributed by atoms with Crippen LogP contribution in [0.3, 0.4) is 0 Å². The van der Waals surface area contributed by atoms with Crippen LogP contribution in [0.4, 0.5) is 0 Å². The minimum absolute atomic E-state index is 0.0517. The fraction of sp³-hybridized carbons (Fsp3) is 1.00. The highest BCUT2D eigenvalue weighted by Crippen LogP contribution is 2.25. The Morgan fingerprint density at radius 1 is 1.27 bits per heavy atom. The van der Waals surface area contributed by atoms with Gasteiger partial charge in [0, 0.05) is 16.0 Å². The van der Waals surface area contributed by atoms with Gasteiger partial charge in [0.15, 0.2) is 0 Å². The van der Waals surface area contributed by atoms with Gasteiger partial charge in [-0.3, -0.25) is 0 Å². The third kappa shape index (κ3) is 6.66. The molecule has 0 saturated heterocycles. The Balaban J connectivity index is 3.70. The molecule has 1 atom stereocenters. The van der Waals surface area contributed by atoms with Gasteiger partial charge in [0.25, 0.3) is 0 Å². The van der Waals surface area contributed by atoms with Gasteiger partial charge in [-0.1, -0.05) is 20.8 Å². The second kappa shape index (κ2) is 3.78. The van der Waals surface area contributed by atoms with Gasteiger partial charge in [-0.25, -0.2) is 0 Å². The van der Waals surface area contributed by atoms with Crippen LogP contribution in [0, 0.1) is 0 Å². The van der Waals surface area contributed by atoms with Gasteiger partial charge in [0.1, 0.15) is 0 Å². The van der Waals surface area contributed by atoms with Gasteiger partial charge in [0.2, 0.25) is 0 Å². The van der Waals surface area contributed by atoms with Crippen LogP contribution in [0.25, 0.3) is 0 Å². The van der Waals surface area contributed by atoms with Gasteiger partial charge < -0.3 is 10.8 Å². The average molecular weight is 177 g/mol. The van der Waals surface area contributed by atoms with Crippen molar-refractivity contribution < 1.29 is 5.11 Å². The van der Waals surface area contributed by atoms with Crippen LogP contribution in [0.2, 0.25) is 0 Å². The van der Waals surface area contributed by atoms with Gasteiger partial charge in [-0.2, -0.15) is 11.8 Å². The van der Waals surface area contributed by atoms with Crippen molar-refractivity contribution in [3.8, 4) is 0 Å². The van der Waals surface area contributed by atoms with E-state index in [1.165, 1.54) is 0 Å². The van der Waals surface area contributed by atoms with E-state index in [-0.39, 0.29) is 11.4 Å². The molecule has 2 nitrogen and oxygen atoms in total. The van der Waals surface area contributed by atoms with Crippen LogP contribution >= 0.6 is 11.8 Å². The Kier molecular flexibility index (Phi) is 3.88. The monoisotopic (exact) mass is 177 g/mol. The highest BCUT2D eigenvalue weighted by atomic mass is 32.2. The maximum Gasteiger partial charge on any atom is 0.0616 e. The summed E-state index contributed by atoms with van der Waals surface area (Å²) in [6, 6.07) is 0. The van der Waals surface area contributed by atoms with Crippen molar-refractivity contribution in [1.82, 2.24) is 0 Å². The number of hydrogen-bond donors (Lipinski definition) is 2. The van der Waals surface area contributed by atoms with E-state index in [1.54, 1.807) is 11.8 Å². The SMILES string of the molecule is CC(N)(CO)CSC(C)(C)C. The normalized spacial score (nSPS) is 18.0. The van der Waals surface area contributed by atoms with Gasteiger partial charge in [-0.05, 0) is 6.92 Å². The largest absolute Gasteiger partial charge is 0.394 e. The van der Waals surface area contributed by atoms with Gasteiger partial charge in [-0.15, -0.1) is 0 Å². The molecule has 0 aliphatic heterocycles. The lowest BCUT2D eigenvalue weighted by molar-refractivity contribution is 0.224. The van der Waals surface area contributed by atoms with Crippen molar-refractivity contribution >= 4 is 11.8 Å². The molecule has 0 bridgehead atoms. The molecule has 0 heterocycles. The second-order valence-electron chi connectivity index (χ2n) is 4.21. The van der Waals surface area contributed by atoms with Crippen molar-refractivity contribution in [3.05, 3.63) is 0 Å². The number of aliphatic hydroxyl groups excluding tert-OH is 1. The maximum absolute atomic E-state index is 8.85. The Bertz CT molecular complexity index is 118. The van der Waals surface area contributed by atoms with E-state index < -0.39 is 5.54 Å². The molecule has 0 aromatic heterocycles. The predicted octanol–water partition coefficient (Wildman–Crippen LogP) is 1.23. The summed E-state index contributed by atoms with van der Waals surface area (Å²) in [6.07, 6.45) is 0. The lowest BCUT2D eigenvalue weighted by Crippen LogP contribution is -2.43. The summed E-state index contributed by atoms with van der Waals surface area (Å²) in [5.41, 5.74) is 5.32. The molecule has 0 rings (SSSR count). The van der Waals surface area contributed by atoms with Crippen LogP contribution in [0.5, 0.6) is 0 Å². The smallest absolute Gasteiger partial charge is 0.0616 e. The molecule has 0 aliphatic rings. The molecule has 0 amide bonds. The zero-order chi connectivity index (χ0) is 9.12. The molecule has 3 heteroatoms. The van der Waals surface area contributed by atoms with Crippen LogP contribution in [0.1, 0.15) is 27.7 Å². The summed E-state index contributed by atoms with van der Waals surface area (Å²) in [4.78, 5) is 0. The molecule has 0 radical (unpaired) electrons. The van der Waals surface area contributed by atoms with Crippen molar-refractivity contribution in [2.45, 2.75) is 38.0 Å². The molecule has 0 fully saturated rings. The van der Waals surface area contributed by atoms with Crippen molar-refractivity contribution in [1.29, 1.82) is 0 Å². The highest BCUT2D eigenvalue weighted by molar-refractivity contribution is 8.00. The van der Waals surface area contributed by atoms with E-state index in [4.69, 9.17) is 10.8 Å². The minimum atomic E-state index is -0.433. The number of hydrogen-bond acceptors (Lipinski definition) is 3. The lowest BCUT2D eigenvalue weighted by Gasteiger charge is -2.26. The van der Waals surface area contributed by atoms with E-state index in [0.29, 0.717) is 0 Å². The van der Waals surface area contributed by atoms with Gasteiger partial charge in [0.05, 0.1) is 6.61 Å². The van der Waals surface area contributed by atoms with E-state index in [1.807, 2.05) is 6.92 Å². The lowest BCUT2D eigenvalue weighted by atomic mass is 10.1. The molecule has 11 heavy (non-hydrogen) atoms. The summed E-state index contributed by atoms with van der Waals surface area (Å²) < 4.78 is 0.232. The third-order valence-corrected chi connectivity index (χ3v) is 2.87. The first-order chi connectivity index (χ1) is 4.77. The van der Waals surface area contributed by atoms with E-state index in [9.17, 15) is 0 Å². The molecule has 1 unspecified atom stereocenters. The first-order valence-corrected chi connectivity index (χ1v) is 4.79. The van der Waals surface area contributed by atoms with E-state index >= 15 is 0 Å². The molecule has 0 aromatic rings. The second-order valence-corrected chi connectivity index (χ2v) is 6.02. The number of nitrogens with two attached hydrogens (primary N) is 1. The number of aliphatic hydroxyl groups is 1. The number of thioether (sulfide) groups is 1. The Morgan fingerprint density at radius 2 is 1.73 bits per heavy atom. The Labute approximate surface area is 73.6 Å². The molecule has 0 spiro atoms. The summed E-state index contributed by atoms with van der Waals surface area (Å²) in [7, 11) is 0. The topological polar surface area (TPSA) is 46.2 Å². The van der Waals surface area contributed by atoms with Crippen LogP contribution in [0.15, 0.2) is 0 Å². The molecule has 68 valence electrons. The molecule has 0 saturated carbocycles. The first kappa shape index (κ1) is 11.3. The van der Waals surface area contributed by atoms with E-state index in [2.05, 4.69) is 20.8 Å². The summed E-state index contributed by atoms with van der Waals surface area (Å²) in [6.45, 7) is 8.35. The zero-order valence-corrected chi connectivity index (χ0v) is 8.66. The van der Waals surface area contributed by atoms with Crippen molar-refractivity contribution in [2.24, 2.45) is 5.73 Å². The molecule has 0 aliphatic carbocycles. The molecular formula is C8H19NOS. The average Bonchev–Trinajstić information content (AvgIpc) is 1.83. The van der Waals surface area contributed by atoms with Crippen molar-refractivity contribution in [2.75, 3.05) is 12.4 Å². The number of rotatable bonds is 3. The third-order valence-electron chi connectivity index (χ3n) is 1.20. The fourth-order valence-electron chi connectivity index (χ4n) is 0.427. The fourth-order valence-corrected chi connectivity index (χ4v) is 1.28. The van der Waals surface area contributed by atoms with Gasteiger partial charge >= 0.3 is 0 Å².